The number of halogens is 3. The predicted octanol–water partition coefficient (Wildman–Crippen LogP) is 2.76. The minimum atomic E-state index is -2.69. The Hall–Kier alpha value is -2.03. The van der Waals surface area contributed by atoms with Crippen LogP contribution < -0.4 is 10.6 Å². The summed E-state index contributed by atoms with van der Waals surface area (Å²) in [6.07, 6.45) is 3.92. The summed E-state index contributed by atoms with van der Waals surface area (Å²) in [5.74, 6) is 0.418. The number of pyridine rings is 1. The van der Waals surface area contributed by atoms with Gasteiger partial charge in [0.25, 0.3) is 0 Å². The summed E-state index contributed by atoms with van der Waals surface area (Å²) in [5, 5.41) is 4.90. The zero-order valence-corrected chi connectivity index (χ0v) is 11.6. The van der Waals surface area contributed by atoms with Gasteiger partial charge in [0, 0.05) is 23.1 Å². The predicted molar refractivity (Wildman–Crippen MR) is 71.3 cm³/mol. The molecule has 0 saturated heterocycles. The van der Waals surface area contributed by atoms with E-state index in [4.69, 9.17) is 0 Å². The highest BCUT2D eigenvalue weighted by atomic mass is 79.9. The average molecular weight is 346 g/mol. The molecule has 0 saturated carbocycles. The minimum Gasteiger partial charge on any atom is -0.331 e. The normalized spacial score (nSPS) is 10.6. The molecule has 0 aliphatic carbocycles. The van der Waals surface area contributed by atoms with Crippen LogP contribution in [0.3, 0.4) is 0 Å². The summed E-state index contributed by atoms with van der Waals surface area (Å²) in [6, 6.07) is 2.76. The molecule has 2 N–H and O–H groups in total. The second-order valence-corrected chi connectivity index (χ2v) is 4.61. The SMILES string of the molecule is O=C(NCc1nccn1C(F)F)Nc1ccc(Br)cn1. The number of aromatic nitrogens is 3. The highest BCUT2D eigenvalue weighted by Gasteiger charge is 2.12. The molecule has 0 atom stereocenters. The van der Waals surface area contributed by atoms with E-state index in [0.717, 1.165) is 10.7 Å². The average Bonchev–Trinajstić information content (AvgIpc) is 2.88. The zero-order chi connectivity index (χ0) is 14.5. The first kappa shape index (κ1) is 14.4. The Bertz CT molecular complexity index is 587. The van der Waals surface area contributed by atoms with Crippen LogP contribution in [0, 0.1) is 0 Å². The number of amides is 2. The molecule has 0 aromatic carbocycles. The van der Waals surface area contributed by atoms with Crippen molar-refractivity contribution in [2.45, 2.75) is 13.1 Å². The summed E-state index contributed by atoms with van der Waals surface area (Å²) >= 11 is 3.22. The van der Waals surface area contributed by atoms with E-state index in [0.29, 0.717) is 10.4 Å². The maximum atomic E-state index is 12.6. The Morgan fingerprint density at radius 2 is 2.20 bits per heavy atom. The highest BCUT2D eigenvalue weighted by molar-refractivity contribution is 9.10. The molecule has 0 bridgehead atoms. The van der Waals surface area contributed by atoms with Crippen molar-refractivity contribution in [2.24, 2.45) is 0 Å². The van der Waals surface area contributed by atoms with Crippen molar-refractivity contribution in [1.29, 1.82) is 0 Å². The molecular formula is C11H10BrF2N5O. The van der Waals surface area contributed by atoms with Gasteiger partial charge in [0.05, 0.1) is 6.54 Å². The number of hydrogen-bond donors (Lipinski definition) is 2. The first-order valence-corrected chi connectivity index (χ1v) is 6.32. The maximum absolute atomic E-state index is 12.6. The van der Waals surface area contributed by atoms with Gasteiger partial charge < -0.3 is 5.32 Å². The number of alkyl halides is 2. The molecule has 0 aliphatic heterocycles. The van der Waals surface area contributed by atoms with Crippen LogP contribution >= 0.6 is 15.9 Å². The summed E-state index contributed by atoms with van der Waals surface area (Å²) in [7, 11) is 0. The standard InChI is InChI=1S/C11H10BrF2N5O/c12-7-1-2-8(16-5-7)18-11(20)17-6-9-15-3-4-19(9)10(13)14/h1-5,10H,6H2,(H2,16,17,18,20). The highest BCUT2D eigenvalue weighted by Crippen LogP contribution is 2.12. The monoisotopic (exact) mass is 345 g/mol. The van der Waals surface area contributed by atoms with Crippen LogP contribution in [-0.2, 0) is 6.54 Å². The molecule has 106 valence electrons. The van der Waals surface area contributed by atoms with Crippen molar-refractivity contribution in [3.8, 4) is 0 Å². The second kappa shape index (κ2) is 6.42. The fraction of sp³-hybridized carbons (Fsp3) is 0.182. The van der Waals surface area contributed by atoms with E-state index in [-0.39, 0.29) is 12.4 Å². The van der Waals surface area contributed by atoms with Gasteiger partial charge in [-0.3, -0.25) is 9.88 Å². The number of hydrogen-bond acceptors (Lipinski definition) is 3. The van der Waals surface area contributed by atoms with Crippen LogP contribution in [0.2, 0.25) is 0 Å². The zero-order valence-electron chi connectivity index (χ0n) is 10.1. The number of carbonyl (C=O) groups excluding carboxylic acids is 1. The molecule has 0 unspecified atom stereocenters. The van der Waals surface area contributed by atoms with Gasteiger partial charge in [-0.1, -0.05) is 0 Å². The first-order valence-electron chi connectivity index (χ1n) is 5.52. The largest absolute Gasteiger partial charge is 0.331 e. The maximum Gasteiger partial charge on any atom is 0.320 e. The molecule has 2 rings (SSSR count). The van der Waals surface area contributed by atoms with Crippen LogP contribution in [0.15, 0.2) is 35.2 Å². The number of imidazole rings is 1. The molecule has 2 heterocycles. The third-order valence-corrected chi connectivity index (χ3v) is 2.80. The summed E-state index contributed by atoms with van der Waals surface area (Å²) in [5.41, 5.74) is 0. The number of nitrogens with one attached hydrogen (secondary N) is 2. The van der Waals surface area contributed by atoms with E-state index < -0.39 is 12.6 Å². The Kier molecular flexibility index (Phi) is 4.61. The smallest absolute Gasteiger partial charge is 0.320 e. The van der Waals surface area contributed by atoms with E-state index >= 15 is 0 Å². The van der Waals surface area contributed by atoms with Crippen LogP contribution in [-0.4, -0.2) is 20.6 Å². The van der Waals surface area contributed by atoms with E-state index in [1.165, 1.54) is 12.4 Å². The molecule has 6 nitrogen and oxygen atoms in total. The van der Waals surface area contributed by atoms with Gasteiger partial charge in [-0.15, -0.1) is 0 Å². The van der Waals surface area contributed by atoms with Gasteiger partial charge in [0.1, 0.15) is 11.6 Å². The number of rotatable bonds is 4. The van der Waals surface area contributed by atoms with Gasteiger partial charge in [-0.25, -0.2) is 14.8 Å². The molecule has 9 heteroatoms. The molecule has 2 aromatic heterocycles. The molecule has 0 radical (unpaired) electrons. The van der Waals surface area contributed by atoms with E-state index in [1.54, 1.807) is 12.1 Å². The number of nitrogens with zero attached hydrogens (tertiary/aromatic N) is 3. The minimum absolute atomic E-state index is 0.0684. The van der Waals surface area contributed by atoms with Crippen LogP contribution in [0.5, 0.6) is 0 Å². The Balaban J connectivity index is 1.89. The Labute approximate surface area is 121 Å². The van der Waals surface area contributed by atoms with Gasteiger partial charge in [0.2, 0.25) is 0 Å². The molecular weight excluding hydrogens is 336 g/mol. The third-order valence-electron chi connectivity index (χ3n) is 2.34. The molecule has 20 heavy (non-hydrogen) atoms. The van der Waals surface area contributed by atoms with Crippen LogP contribution in [0.1, 0.15) is 12.4 Å². The quantitative estimate of drug-likeness (QED) is 0.894. The lowest BCUT2D eigenvalue weighted by Gasteiger charge is -2.08. The first-order chi connectivity index (χ1) is 9.56. The Morgan fingerprint density at radius 3 is 2.85 bits per heavy atom. The summed E-state index contributed by atoms with van der Waals surface area (Å²) < 4.78 is 26.6. The Morgan fingerprint density at radius 1 is 1.40 bits per heavy atom. The summed E-state index contributed by atoms with van der Waals surface area (Å²) in [6.45, 7) is -2.80. The third kappa shape index (κ3) is 3.73. The van der Waals surface area contributed by atoms with Gasteiger partial charge in [-0.05, 0) is 28.1 Å². The van der Waals surface area contributed by atoms with Gasteiger partial charge in [-0.2, -0.15) is 8.78 Å². The topological polar surface area (TPSA) is 71.8 Å². The molecule has 0 aliphatic rings. The van der Waals surface area contributed by atoms with Crippen molar-refractivity contribution >= 4 is 27.8 Å². The van der Waals surface area contributed by atoms with E-state index in [2.05, 4.69) is 36.5 Å². The van der Waals surface area contributed by atoms with E-state index in [1.807, 2.05) is 0 Å². The molecule has 0 fully saturated rings. The van der Waals surface area contributed by atoms with E-state index in [9.17, 15) is 13.6 Å². The van der Waals surface area contributed by atoms with Crippen molar-refractivity contribution in [2.75, 3.05) is 5.32 Å². The van der Waals surface area contributed by atoms with Crippen LogP contribution in [0.4, 0.5) is 19.4 Å². The van der Waals surface area contributed by atoms with Crippen LogP contribution in [0.25, 0.3) is 0 Å². The second-order valence-electron chi connectivity index (χ2n) is 3.70. The number of carbonyl (C=O) groups is 1. The van der Waals surface area contributed by atoms with Crippen molar-refractivity contribution in [1.82, 2.24) is 19.9 Å². The van der Waals surface area contributed by atoms with Crippen molar-refractivity contribution in [3.63, 3.8) is 0 Å². The molecule has 2 aromatic rings. The number of anilines is 1. The fourth-order valence-electron chi connectivity index (χ4n) is 1.43. The van der Waals surface area contributed by atoms with Gasteiger partial charge in [0.15, 0.2) is 0 Å². The van der Waals surface area contributed by atoms with Gasteiger partial charge >= 0.3 is 12.6 Å². The molecule has 2 amide bonds. The summed E-state index contributed by atoms with van der Waals surface area (Å²) in [4.78, 5) is 19.3. The molecule has 0 spiro atoms. The van der Waals surface area contributed by atoms with Crippen molar-refractivity contribution < 1.29 is 13.6 Å². The lowest BCUT2D eigenvalue weighted by Crippen LogP contribution is -2.29. The fourth-order valence-corrected chi connectivity index (χ4v) is 1.66. The lowest BCUT2D eigenvalue weighted by atomic mass is 10.4. The lowest BCUT2D eigenvalue weighted by molar-refractivity contribution is 0.0667. The number of urea groups is 1. The van der Waals surface area contributed by atoms with Crippen molar-refractivity contribution in [3.05, 3.63) is 41.0 Å².